The third kappa shape index (κ3) is 7.41. The van der Waals surface area contributed by atoms with Crippen LogP contribution in [0.5, 0.6) is 0 Å². The minimum absolute atomic E-state index is 0.140. The van der Waals surface area contributed by atoms with Gasteiger partial charge in [0, 0.05) is 12.5 Å². The van der Waals surface area contributed by atoms with E-state index < -0.39 is 29.0 Å². The van der Waals surface area contributed by atoms with Gasteiger partial charge in [-0.15, -0.1) is 0 Å². The van der Waals surface area contributed by atoms with Crippen molar-refractivity contribution in [2.24, 2.45) is 11.3 Å². The Kier molecular flexibility index (Phi) is 10.5. The van der Waals surface area contributed by atoms with Crippen LogP contribution in [-0.2, 0) is 15.0 Å². The summed E-state index contributed by atoms with van der Waals surface area (Å²) in [5, 5.41) is 16.2. The van der Waals surface area contributed by atoms with Gasteiger partial charge in [0.25, 0.3) is 0 Å². The van der Waals surface area contributed by atoms with Gasteiger partial charge in [0.15, 0.2) is 0 Å². The number of aliphatic hydroxyl groups excluding tert-OH is 1. The molecule has 6 heteroatoms. The van der Waals surface area contributed by atoms with Crippen LogP contribution in [-0.4, -0.2) is 60.1 Å². The Labute approximate surface area is 207 Å². The molecule has 4 atom stereocenters. The second kappa shape index (κ2) is 12.0. The summed E-state index contributed by atoms with van der Waals surface area (Å²) in [6.07, 6.45) is 1.36. The molecule has 0 heterocycles. The first-order valence-corrected chi connectivity index (χ1v) is 12.2. The van der Waals surface area contributed by atoms with Crippen molar-refractivity contribution < 1.29 is 14.7 Å². The van der Waals surface area contributed by atoms with E-state index in [-0.39, 0.29) is 23.8 Å². The molecule has 1 aromatic rings. The monoisotopic (exact) mass is 473 g/mol. The van der Waals surface area contributed by atoms with E-state index in [1.54, 1.807) is 25.9 Å². The molecule has 0 aliphatic rings. The summed E-state index contributed by atoms with van der Waals surface area (Å²) >= 11 is 0. The van der Waals surface area contributed by atoms with E-state index in [1.165, 1.54) is 0 Å². The quantitative estimate of drug-likeness (QED) is 0.450. The molecule has 0 fully saturated rings. The number of amides is 2. The summed E-state index contributed by atoms with van der Waals surface area (Å²) in [7, 11) is 3.54. The number of hydrogen-bond acceptors (Lipinski definition) is 4. The lowest BCUT2D eigenvalue weighted by atomic mass is 9.76. The minimum atomic E-state index is -0.714. The maximum Gasteiger partial charge on any atom is 0.245 e. The number of benzene rings is 1. The average Bonchev–Trinajstić information content (AvgIpc) is 2.74. The summed E-state index contributed by atoms with van der Waals surface area (Å²) in [5.41, 5.74) is 0.865. The Morgan fingerprint density at radius 3 is 1.94 bits per heavy atom. The van der Waals surface area contributed by atoms with Gasteiger partial charge in [-0.3, -0.25) is 9.59 Å². The topological polar surface area (TPSA) is 81.7 Å². The predicted octanol–water partition coefficient (Wildman–Crippen LogP) is 3.89. The molecule has 0 saturated carbocycles. The summed E-state index contributed by atoms with van der Waals surface area (Å²) in [5.74, 6) is -0.225. The molecule has 6 nitrogen and oxygen atoms in total. The molecule has 34 heavy (non-hydrogen) atoms. The van der Waals surface area contributed by atoms with Crippen molar-refractivity contribution >= 4 is 11.8 Å². The van der Waals surface area contributed by atoms with E-state index in [1.807, 2.05) is 91.8 Å². The van der Waals surface area contributed by atoms with Crippen molar-refractivity contribution in [2.75, 3.05) is 14.1 Å². The number of aliphatic hydroxyl groups is 1. The van der Waals surface area contributed by atoms with Gasteiger partial charge in [0.1, 0.15) is 6.04 Å². The SMILES string of the molecule is CN[C@H](C(=O)N[C@H](C(=O)N(C)[C@H](/C=C(\C)C(C)O)C(C)C)C(C)(C)C)C(C)(C)c1ccccc1. The van der Waals surface area contributed by atoms with Crippen molar-refractivity contribution in [3.05, 3.63) is 47.5 Å². The zero-order valence-corrected chi connectivity index (χ0v) is 23.1. The van der Waals surface area contributed by atoms with Gasteiger partial charge in [0.2, 0.25) is 11.8 Å². The molecular weight excluding hydrogens is 426 g/mol. The Hall–Kier alpha value is -2.18. The lowest BCUT2D eigenvalue weighted by Crippen LogP contribution is -2.61. The Balaban J connectivity index is 3.28. The maximum absolute atomic E-state index is 13.8. The molecule has 0 aliphatic carbocycles. The zero-order valence-electron chi connectivity index (χ0n) is 23.1. The minimum Gasteiger partial charge on any atom is -0.389 e. The summed E-state index contributed by atoms with van der Waals surface area (Å²) < 4.78 is 0. The lowest BCUT2D eigenvalue weighted by molar-refractivity contribution is -0.140. The summed E-state index contributed by atoms with van der Waals surface area (Å²) in [4.78, 5) is 29.0. The molecule has 1 unspecified atom stereocenters. The molecule has 2 amide bonds. The third-order valence-electron chi connectivity index (χ3n) is 6.76. The average molecular weight is 474 g/mol. The number of nitrogens with one attached hydrogen (secondary N) is 2. The van der Waals surface area contributed by atoms with Crippen LogP contribution in [0.15, 0.2) is 42.0 Å². The number of rotatable bonds is 10. The number of likely N-dealkylation sites (N-methyl/N-ethyl adjacent to an activating group) is 2. The smallest absolute Gasteiger partial charge is 0.245 e. The van der Waals surface area contributed by atoms with Gasteiger partial charge in [-0.1, -0.05) is 84.9 Å². The highest BCUT2D eigenvalue weighted by Gasteiger charge is 2.41. The van der Waals surface area contributed by atoms with Crippen LogP contribution in [0, 0.1) is 11.3 Å². The molecule has 1 rings (SSSR count). The molecule has 192 valence electrons. The van der Waals surface area contributed by atoms with E-state index in [9.17, 15) is 14.7 Å². The molecule has 1 aromatic carbocycles. The largest absolute Gasteiger partial charge is 0.389 e. The highest BCUT2D eigenvalue weighted by molar-refractivity contribution is 5.91. The molecule has 0 aliphatic heterocycles. The van der Waals surface area contributed by atoms with Crippen LogP contribution in [0.1, 0.15) is 67.9 Å². The van der Waals surface area contributed by atoms with Crippen LogP contribution in [0.3, 0.4) is 0 Å². The van der Waals surface area contributed by atoms with Gasteiger partial charge in [-0.2, -0.15) is 0 Å². The molecule has 0 aromatic heterocycles. The van der Waals surface area contributed by atoms with Gasteiger partial charge in [0.05, 0.1) is 18.2 Å². The molecule has 0 saturated heterocycles. The van der Waals surface area contributed by atoms with Crippen molar-refractivity contribution in [3.8, 4) is 0 Å². The molecule has 0 spiro atoms. The first-order chi connectivity index (χ1) is 15.5. The second-order valence-corrected chi connectivity index (χ2v) is 11.4. The van der Waals surface area contributed by atoms with E-state index in [4.69, 9.17) is 0 Å². The Morgan fingerprint density at radius 1 is 1.00 bits per heavy atom. The molecule has 0 radical (unpaired) electrons. The van der Waals surface area contributed by atoms with Crippen LogP contribution in [0.25, 0.3) is 0 Å². The first kappa shape index (κ1) is 29.9. The highest BCUT2D eigenvalue weighted by Crippen LogP contribution is 2.29. The first-order valence-electron chi connectivity index (χ1n) is 12.2. The molecule has 3 N–H and O–H groups in total. The van der Waals surface area contributed by atoms with E-state index >= 15 is 0 Å². The van der Waals surface area contributed by atoms with Gasteiger partial charge < -0.3 is 20.6 Å². The van der Waals surface area contributed by atoms with Crippen molar-refractivity contribution in [2.45, 2.75) is 92.0 Å². The fourth-order valence-corrected chi connectivity index (χ4v) is 4.24. The van der Waals surface area contributed by atoms with Crippen LogP contribution >= 0.6 is 0 Å². The zero-order chi connectivity index (χ0) is 26.4. The second-order valence-electron chi connectivity index (χ2n) is 11.4. The van der Waals surface area contributed by atoms with Crippen LogP contribution in [0.4, 0.5) is 0 Å². The predicted molar refractivity (Wildman–Crippen MR) is 141 cm³/mol. The normalized spacial score (nSPS) is 16.6. The fraction of sp³-hybridized carbons (Fsp3) is 0.643. The Bertz CT molecular complexity index is 838. The Morgan fingerprint density at radius 2 is 1.53 bits per heavy atom. The third-order valence-corrected chi connectivity index (χ3v) is 6.76. The van der Waals surface area contributed by atoms with Gasteiger partial charge >= 0.3 is 0 Å². The summed E-state index contributed by atoms with van der Waals surface area (Å²) in [6.45, 7) is 17.6. The highest BCUT2D eigenvalue weighted by atomic mass is 16.3. The van der Waals surface area contributed by atoms with Gasteiger partial charge in [-0.05, 0) is 43.4 Å². The number of hydrogen-bond donors (Lipinski definition) is 3. The molecule has 0 bridgehead atoms. The standard InChI is InChI=1S/C28H47N3O3/c1-18(2)22(17-19(3)20(4)32)31(11)26(34)24(27(5,6)7)30-25(33)23(29-10)28(8,9)21-15-13-12-14-16-21/h12-18,20,22-24,29,32H,1-11H3,(H,30,33)/b19-17+/t20?,22-,23-,24-/m1/s1. The van der Waals surface area contributed by atoms with E-state index in [0.717, 1.165) is 11.1 Å². The van der Waals surface area contributed by atoms with Crippen molar-refractivity contribution in [1.29, 1.82) is 0 Å². The fourth-order valence-electron chi connectivity index (χ4n) is 4.24. The number of carbonyl (C=O) groups is 2. The van der Waals surface area contributed by atoms with E-state index in [0.29, 0.717) is 0 Å². The van der Waals surface area contributed by atoms with Crippen LogP contribution < -0.4 is 10.6 Å². The number of nitrogens with zero attached hydrogens (tertiary/aromatic N) is 1. The maximum atomic E-state index is 13.8. The van der Waals surface area contributed by atoms with Crippen molar-refractivity contribution in [3.63, 3.8) is 0 Å². The lowest BCUT2D eigenvalue weighted by Gasteiger charge is -2.40. The van der Waals surface area contributed by atoms with Crippen molar-refractivity contribution in [1.82, 2.24) is 15.5 Å². The van der Waals surface area contributed by atoms with E-state index in [2.05, 4.69) is 10.6 Å². The summed E-state index contributed by atoms with van der Waals surface area (Å²) in [6, 6.07) is 8.47. The molecular formula is C28H47N3O3. The number of carbonyl (C=O) groups excluding carboxylic acids is 2. The van der Waals surface area contributed by atoms with Crippen LogP contribution in [0.2, 0.25) is 0 Å². The van der Waals surface area contributed by atoms with Gasteiger partial charge in [-0.25, -0.2) is 0 Å².